The van der Waals surface area contributed by atoms with Crippen LogP contribution in [0.4, 0.5) is 4.39 Å². The minimum atomic E-state index is -0.326. The molecule has 0 saturated heterocycles. The molecule has 0 radical (unpaired) electrons. The Morgan fingerprint density at radius 2 is 2.00 bits per heavy atom. The molecule has 18 heavy (non-hydrogen) atoms. The van der Waals surface area contributed by atoms with E-state index >= 15 is 0 Å². The van der Waals surface area contributed by atoms with E-state index in [9.17, 15) is 4.39 Å². The van der Waals surface area contributed by atoms with E-state index in [4.69, 9.17) is 15.2 Å². The first-order valence-corrected chi connectivity index (χ1v) is 6.39. The van der Waals surface area contributed by atoms with E-state index in [2.05, 4.69) is 0 Å². The second kappa shape index (κ2) is 6.16. The number of rotatable bonds is 4. The molecule has 1 aliphatic carbocycles. The van der Waals surface area contributed by atoms with Gasteiger partial charge in [0, 0.05) is 11.6 Å². The Kier molecular flexibility index (Phi) is 4.55. The van der Waals surface area contributed by atoms with E-state index < -0.39 is 0 Å². The monoisotopic (exact) mass is 253 g/mol. The van der Waals surface area contributed by atoms with E-state index in [0.29, 0.717) is 18.2 Å². The topological polar surface area (TPSA) is 44.5 Å². The quantitative estimate of drug-likeness (QED) is 0.897. The van der Waals surface area contributed by atoms with Crippen LogP contribution in [0, 0.1) is 5.82 Å². The SMILES string of the molecule is COc1cccc(COC2CCC(N)CC2)c1F. The second-order valence-electron chi connectivity index (χ2n) is 4.78. The Morgan fingerprint density at radius 1 is 1.28 bits per heavy atom. The molecule has 2 rings (SSSR count). The largest absolute Gasteiger partial charge is 0.494 e. The van der Waals surface area contributed by atoms with Gasteiger partial charge in [-0.25, -0.2) is 4.39 Å². The molecule has 0 spiro atoms. The third-order valence-electron chi connectivity index (χ3n) is 3.46. The summed E-state index contributed by atoms with van der Waals surface area (Å²) in [4.78, 5) is 0. The van der Waals surface area contributed by atoms with Gasteiger partial charge in [0.05, 0.1) is 19.8 Å². The molecule has 0 amide bonds. The summed E-state index contributed by atoms with van der Waals surface area (Å²) in [5.74, 6) is -0.0609. The van der Waals surface area contributed by atoms with Crippen LogP contribution in [-0.2, 0) is 11.3 Å². The highest BCUT2D eigenvalue weighted by molar-refractivity contribution is 5.30. The Hall–Kier alpha value is -1.13. The maximum atomic E-state index is 13.9. The lowest BCUT2D eigenvalue weighted by molar-refractivity contribution is 0.0124. The Labute approximate surface area is 107 Å². The summed E-state index contributed by atoms with van der Waals surface area (Å²) in [6, 6.07) is 5.42. The molecule has 1 aromatic rings. The summed E-state index contributed by atoms with van der Waals surface area (Å²) in [7, 11) is 1.46. The van der Waals surface area contributed by atoms with Crippen LogP contribution in [0.25, 0.3) is 0 Å². The molecule has 0 unspecified atom stereocenters. The van der Waals surface area contributed by atoms with Crippen LogP contribution in [0.5, 0.6) is 5.75 Å². The average Bonchev–Trinajstić information content (AvgIpc) is 2.39. The van der Waals surface area contributed by atoms with Crippen LogP contribution in [0.15, 0.2) is 18.2 Å². The van der Waals surface area contributed by atoms with E-state index in [1.54, 1.807) is 18.2 Å². The van der Waals surface area contributed by atoms with Gasteiger partial charge in [-0.3, -0.25) is 0 Å². The van der Waals surface area contributed by atoms with Crippen molar-refractivity contribution in [3.05, 3.63) is 29.6 Å². The van der Waals surface area contributed by atoms with Gasteiger partial charge in [-0.1, -0.05) is 12.1 Å². The Balaban J connectivity index is 1.90. The number of nitrogens with two attached hydrogens (primary N) is 1. The van der Waals surface area contributed by atoms with Crippen LogP contribution in [-0.4, -0.2) is 19.3 Å². The van der Waals surface area contributed by atoms with Crippen molar-refractivity contribution < 1.29 is 13.9 Å². The lowest BCUT2D eigenvalue weighted by atomic mass is 9.94. The predicted octanol–water partition coefficient (Wildman–Crippen LogP) is 2.62. The lowest BCUT2D eigenvalue weighted by Gasteiger charge is -2.26. The number of hydrogen-bond acceptors (Lipinski definition) is 3. The van der Waals surface area contributed by atoms with Crippen molar-refractivity contribution in [3.63, 3.8) is 0 Å². The number of ether oxygens (including phenoxy) is 2. The number of benzene rings is 1. The number of halogens is 1. The molecule has 0 aliphatic heterocycles. The fourth-order valence-corrected chi connectivity index (χ4v) is 2.29. The zero-order chi connectivity index (χ0) is 13.0. The third-order valence-corrected chi connectivity index (χ3v) is 3.46. The van der Waals surface area contributed by atoms with Gasteiger partial charge in [0.25, 0.3) is 0 Å². The smallest absolute Gasteiger partial charge is 0.170 e. The zero-order valence-electron chi connectivity index (χ0n) is 10.7. The third kappa shape index (κ3) is 3.21. The molecule has 0 aromatic heterocycles. The Morgan fingerprint density at radius 3 is 2.67 bits per heavy atom. The van der Waals surface area contributed by atoms with Crippen LogP contribution in [0.2, 0.25) is 0 Å². The summed E-state index contributed by atoms with van der Waals surface area (Å²) < 4.78 is 24.6. The first-order chi connectivity index (χ1) is 8.70. The first kappa shape index (κ1) is 13.3. The normalized spacial score (nSPS) is 23.9. The second-order valence-corrected chi connectivity index (χ2v) is 4.78. The predicted molar refractivity (Wildman–Crippen MR) is 68.0 cm³/mol. The molecule has 0 bridgehead atoms. The molecule has 1 saturated carbocycles. The first-order valence-electron chi connectivity index (χ1n) is 6.39. The van der Waals surface area contributed by atoms with Gasteiger partial charge in [-0.2, -0.15) is 0 Å². The molecule has 0 heterocycles. The molecule has 2 N–H and O–H groups in total. The van der Waals surface area contributed by atoms with Gasteiger partial charge < -0.3 is 15.2 Å². The van der Waals surface area contributed by atoms with Crippen molar-refractivity contribution in [2.45, 2.75) is 44.4 Å². The summed E-state index contributed by atoms with van der Waals surface area (Å²) in [5.41, 5.74) is 6.38. The molecular formula is C14H20FNO2. The van der Waals surface area contributed by atoms with Gasteiger partial charge >= 0.3 is 0 Å². The fourth-order valence-electron chi connectivity index (χ4n) is 2.29. The van der Waals surface area contributed by atoms with Crippen LogP contribution in [0.1, 0.15) is 31.2 Å². The maximum Gasteiger partial charge on any atom is 0.170 e. The van der Waals surface area contributed by atoms with Gasteiger partial charge in [0.2, 0.25) is 0 Å². The lowest BCUT2D eigenvalue weighted by Crippen LogP contribution is -2.30. The van der Waals surface area contributed by atoms with Crippen molar-refractivity contribution in [1.82, 2.24) is 0 Å². The Bertz CT molecular complexity index is 389. The van der Waals surface area contributed by atoms with Crippen LogP contribution >= 0.6 is 0 Å². The zero-order valence-corrected chi connectivity index (χ0v) is 10.7. The van der Waals surface area contributed by atoms with Gasteiger partial charge in [0.15, 0.2) is 11.6 Å². The standard InChI is InChI=1S/C14H20FNO2/c1-17-13-4-2-3-10(14(13)15)9-18-12-7-5-11(16)6-8-12/h2-4,11-12H,5-9,16H2,1H3. The minimum Gasteiger partial charge on any atom is -0.494 e. The highest BCUT2D eigenvalue weighted by Gasteiger charge is 2.19. The number of hydrogen-bond donors (Lipinski definition) is 1. The fraction of sp³-hybridized carbons (Fsp3) is 0.571. The van der Waals surface area contributed by atoms with Crippen molar-refractivity contribution >= 4 is 0 Å². The molecule has 3 nitrogen and oxygen atoms in total. The molecule has 100 valence electrons. The maximum absolute atomic E-state index is 13.9. The molecule has 1 aromatic carbocycles. The summed E-state index contributed by atoms with van der Waals surface area (Å²) in [5, 5.41) is 0. The van der Waals surface area contributed by atoms with Gasteiger partial charge in [0.1, 0.15) is 0 Å². The van der Waals surface area contributed by atoms with E-state index in [-0.39, 0.29) is 17.7 Å². The molecule has 0 atom stereocenters. The minimum absolute atomic E-state index is 0.204. The highest BCUT2D eigenvalue weighted by Crippen LogP contribution is 2.24. The van der Waals surface area contributed by atoms with Crippen molar-refractivity contribution in [2.24, 2.45) is 5.73 Å². The summed E-state index contributed by atoms with van der Waals surface area (Å²) in [6.07, 6.45) is 4.12. The molecule has 1 fully saturated rings. The average molecular weight is 253 g/mol. The molecular weight excluding hydrogens is 233 g/mol. The molecule has 4 heteroatoms. The van der Waals surface area contributed by atoms with Crippen molar-refractivity contribution in [3.8, 4) is 5.75 Å². The van der Waals surface area contributed by atoms with E-state index in [1.165, 1.54) is 7.11 Å². The van der Waals surface area contributed by atoms with Gasteiger partial charge in [-0.05, 0) is 31.7 Å². The number of methoxy groups -OCH3 is 1. The van der Waals surface area contributed by atoms with E-state index in [0.717, 1.165) is 25.7 Å². The van der Waals surface area contributed by atoms with E-state index in [1.807, 2.05) is 0 Å². The highest BCUT2D eigenvalue weighted by atomic mass is 19.1. The van der Waals surface area contributed by atoms with Crippen LogP contribution < -0.4 is 10.5 Å². The summed E-state index contributed by atoms with van der Waals surface area (Å²) >= 11 is 0. The molecule has 1 aliphatic rings. The van der Waals surface area contributed by atoms with Crippen LogP contribution in [0.3, 0.4) is 0 Å². The summed E-state index contributed by atoms with van der Waals surface area (Å²) in [6.45, 7) is 0.295. The van der Waals surface area contributed by atoms with Gasteiger partial charge in [-0.15, -0.1) is 0 Å². The van der Waals surface area contributed by atoms with Crippen molar-refractivity contribution in [1.29, 1.82) is 0 Å². The van der Waals surface area contributed by atoms with Crippen molar-refractivity contribution in [2.75, 3.05) is 7.11 Å².